The maximum Gasteiger partial charge on any atom is 0.270 e. The summed E-state index contributed by atoms with van der Waals surface area (Å²) in [6.45, 7) is 1.11. The van der Waals surface area contributed by atoms with Crippen molar-refractivity contribution < 1.29 is 9.53 Å². The molecule has 0 unspecified atom stereocenters. The summed E-state index contributed by atoms with van der Waals surface area (Å²) in [5.41, 5.74) is 3.36. The summed E-state index contributed by atoms with van der Waals surface area (Å²) in [5, 5.41) is 6.12. The van der Waals surface area contributed by atoms with Gasteiger partial charge in [0.25, 0.3) is 5.91 Å². The van der Waals surface area contributed by atoms with E-state index in [0.717, 1.165) is 22.6 Å². The predicted molar refractivity (Wildman–Crippen MR) is 100.0 cm³/mol. The number of aromatic nitrogens is 2. The molecule has 0 aliphatic rings. The number of carbonyl (C=O) groups excluding carboxylic acids is 1. The molecular formula is C20H20N4O2. The SMILES string of the molecule is COc1ccc(CNC(=O)c2ccc(NCc3ccncc3)cn2)cc1. The van der Waals surface area contributed by atoms with Crippen LogP contribution >= 0.6 is 0 Å². The van der Waals surface area contributed by atoms with E-state index in [1.807, 2.05) is 42.5 Å². The topological polar surface area (TPSA) is 76.1 Å². The number of pyridine rings is 2. The van der Waals surface area contributed by atoms with Gasteiger partial charge in [0.1, 0.15) is 11.4 Å². The van der Waals surface area contributed by atoms with Crippen molar-refractivity contribution in [2.45, 2.75) is 13.1 Å². The largest absolute Gasteiger partial charge is 0.497 e. The zero-order chi connectivity index (χ0) is 18.2. The molecular weight excluding hydrogens is 328 g/mol. The molecule has 6 nitrogen and oxygen atoms in total. The number of nitrogens with zero attached hydrogens (tertiary/aromatic N) is 2. The quantitative estimate of drug-likeness (QED) is 0.686. The second kappa shape index (κ2) is 8.62. The Balaban J connectivity index is 1.51. The van der Waals surface area contributed by atoms with Gasteiger partial charge in [-0.25, -0.2) is 4.98 Å². The summed E-state index contributed by atoms with van der Waals surface area (Å²) in [5.74, 6) is 0.582. The van der Waals surface area contributed by atoms with E-state index in [-0.39, 0.29) is 5.91 Å². The number of methoxy groups -OCH3 is 1. The highest BCUT2D eigenvalue weighted by Gasteiger charge is 2.07. The highest BCUT2D eigenvalue weighted by Crippen LogP contribution is 2.12. The Kier molecular flexibility index (Phi) is 5.77. The molecule has 2 heterocycles. The maximum absolute atomic E-state index is 12.2. The van der Waals surface area contributed by atoms with Crippen LogP contribution in [-0.2, 0) is 13.1 Å². The normalized spacial score (nSPS) is 10.2. The minimum atomic E-state index is -0.207. The molecule has 0 spiro atoms. The lowest BCUT2D eigenvalue weighted by Gasteiger charge is -2.08. The summed E-state index contributed by atoms with van der Waals surface area (Å²) < 4.78 is 5.12. The first-order valence-corrected chi connectivity index (χ1v) is 8.24. The fourth-order valence-electron chi connectivity index (χ4n) is 2.35. The molecule has 0 atom stereocenters. The lowest BCUT2D eigenvalue weighted by molar-refractivity contribution is 0.0946. The Morgan fingerprint density at radius 2 is 1.69 bits per heavy atom. The van der Waals surface area contributed by atoms with Crippen LogP contribution in [0.5, 0.6) is 5.75 Å². The molecule has 0 radical (unpaired) electrons. The van der Waals surface area contributed by atoms with Gasteiger partial charge in [-0.05, 0) is 47.5 Å². The first-order valence-electron chi connectivity index (χ1n) is 8.24. The first kappa shape index (κ1) is 17.4. The smallest absolute Gasteiger partial charge is 0.270 e. The molecule has 0 bridgehead atoms. The molecule has 0 aliphatic heterocycles. The van der Waals surface area contributed by atoms with E-state index in [0.29, 0.717) is 18.8 Å². The molecule has 3 aromatic rings. The molecule has 26 heavy (non-hydrogen) atoms. The van der Waals surface area contributed by atoms with E-state index in [1.165, 1.54) is 0 Å². The Morgan fingerprint density at radius 3 is 2.35 bits per heavy atom. The van der Waals surface area contributed by atoms with Gasteiger partial charge in [-0.2, -0.15) is 0 Å². The molecule has 132 valence electrons. The van der Waals surface area contributed by atoms with Gasteiger partial charge >= 0.3 is 0 Å². The van der Waals surface area contributed by atoms with Crippen molar-refractivity contribution in [1.82, 2.24) is 15.3 Å². The number of hydrogen-bond acceptors (Lipinski definition) is 5. The highest BCUT2D eigenvalue weighted by molar-refractivity contribution is 5.92. The second-order valence-corrected chi connectivity index (χ2v) is 5.67. The molecule has 0 saturated carbocycles. The summed E-state index contributed by atoms with van der Waals surface area (Å²) in [4.78, 5) is 20.4. The second-order valence-electron chi connectivity index (χ2n) is 5.67. The van der Waals surface area contributed by atoms with Crippen molar-refractivity contribution in [1.29, 1.82) is 0 Å². The average molecular weight is 348 g/mol. The van der Waals surface area contributed by atoms with Crippen LogP contribution in [0.25, 0.3) is 0 Å². The van der Waals surface area contributed by atoms with Crippen molar-refractivity contribution in [2.75, 3.05) is 12.4 Å². The number of benzene rings is 1. The summed E-state index contributed by atoms with van der Waals surface area (Å²) in [6, 6.07) is 15.0. The molecule has 6 heteroatoms. The average Bonchev–Trinajstić information content (AvgIpc) is 2.72. The van der Waals surface area contributed by atoms with Gasteiger partial charge in [0.15, 0.2) is 0 Å². The van der Waals surface area contributed by atoms with Crippen LogP contribution in [0.3, 0.4) is 0 Å². The van der Waals surface area contributed by atoms with Gasteiger partial charge in [0.2, 0.25) is 0 Å². The van der Waals surface area contributed by atoms with Crippen LogP contribution in [0.2, 0.25) is 0 Å². The lowest BCUT2D eigenvalue weighted by Crippen LogP contribution is -2.23. The Bertz CT molecular complexity index is 834. The first-order chi connectivity index (χ1) is 12.7. The number of amides is 1. The monoisotopic (exact) mass is 348 g/mol. The fraction of sp³-hybridized carbons (Fsp3) is 0.150. The minimum Gasteiger partial charge on any atom is -0.497 e. The minimum absolute atomic E-state index is 0.207. The molecule has 2 N–H and O–H groups in total. The fourth-order valence-corrected chi connectivity index (χ4v) is 2.35. The van der Waals surface area contributed by atoms with E-state index in [9.17, 15) is 4.79 Å². The van der Waals surface area contributed by atoms with Gasteiger partial charge in [-0.1, -0.05) is 12.1 Å². The van der Waals surface area contributed by atoms with E-state index in [1.54, 1.807) is 31.8 Å². The third-order valence-electron chi connectivity index (χ3n) is 3.85. The van der Waals surface area contributed by atoms with Crippen LogP contribution in [0.1, 0.15) is 21.6 Å². The Hall–Kier alpha value is -3.41. The van der Waals surface area contributed by atoms with Crippen LogP contribution in [0.15, 0.2) is 67.1 Å². The summed E-state index contributed by atoms with van der Waals surface area (Å²) >= 11 is 0. The molecule has 2 aromatic heterocycles. The Morgan fingerprint density at radius 1 is 0.962 bits per heavy atom. The maximum atomic E-state index is 12.2. The van der Waals surface area contributed by atoms with Crippen molar-refractivity contribution in [2.24, 2.45) is 0 Å². The number of rotatable bonds is 7. The summed E-state index contributed by atoms with van der Waals surface area (Å²) in [7, 11) is 1.62. The van der Waals surface area contributed by atoms with Crippen molar-refractivity contribution >= 4 is 11.6 Å². The van der Waals surface area contributed by atoms with E-state index >= 15 is 0 Å². The molecule has 0 fully saturated rings. The predicted octanol–water partition coefficient (Wildman–Crippen LogP) is 3.03. The standard InChI is InChI=1S/C20H20N4O2/c1-26-18-5-2-15(3-6-18)13-24-20(25)19-7-4-17(14-23-19)22-12-16-8-10-21-11-9-16/h2-11,14,22H,12-13H2,1H3,(H,24,25). The van der Waals surface area contributed by atoms with Gasteiger partial charge in [-0.15, -0.1) is 0 Å². The van der Waals surface area contributed by atoms with Crippen molar-refractivity contribution in [3.8, 4) is 5.75 Å². The van der Waals surface area contributed by atoms with E-state index in [4.69, 9.17) is 4.74 Å². The molecule has 0 saturated heterocycles. The third kappa shape index (κ3) is 4.80. The van der Waals surface area contributed by atoms with Gasteiger partial charge in [0.05, 0.1) is 19.0 Å². The Labute approximate surface area is 152 Å². The van der Waals surface area contributed by atoms with Crippen LogP contribution in [-0.4, -0.2) is 23.0 Å². The van der Waals surface area contributed by atoms with Crippen LogP contribution < -0.4 is 15.4 Å². The van der Waals surface area contributed by atoms with Gasteiger partial charge < -0.3 is 15.4 Å². The number of anilines is 1. The van der Waals surface area contributed by atoms with Crippen molar-refractivity contribution in [3.63, 3.8) is 0 Å². The number of carbonyl (C=O) groups is 1. The van der Waals surface area contributed by atoms with Crippen LogP contribution in [0, 0.1) is 0 Å². The van der Waals surface area contributed by atoms with E-state index < -0.39 is 0 Å². The number of ether oxygens (including phenoxy) is 1. The lowest BCUT2D eigenvalue weighted by atomic mass is 10.2. The zero-order valence-electron chi connectivity index (χ0n) is 14.5. The van der Waals surface area contributed by atoms with Gasteiger partial charge in [-0.3, -0.25) is 9.78 Å². The molecule has 3 rings (SSSR count). The highest BCUT2D eigenvalue weighted by atomic mass is 16.5. The number of hydrogen-bond donors (Lipinski definition) is 2. The number of nitrogens with one attached hydrogen (secondary N) is 2. The molecule has 0 aliphatic carbocycles. The summed E-state index contributed by atoms with van der Waals surface area (Å²) in [6.07, 6.45) is 5.17. The van der Waals surface area contributed by atoms with Crippen LogP contribution in [0.4, 0.5) is 5.69 Å². The molecule has 1 amide bonds. The van der Waals surface area contributed by atoms with Gasteiger partial charge in [0, 0.05) is 25.5 Å². The van der Waals surface area contributed by atoms with E-state index in [2.05, 4.69) is 20.6 Å². The molecule has 1 aromatic carbocycles. The third-order valence-corrected chi connectivity index (χ3v) is 3.85. The zero-order valence-corrected chi connectivity index (χ0v) is 14.5. The van der Waals surface area contributed by atoms with Crippen molar-refractivity contribution in [3.05, 3.63) is 83.9 Å².